The maximum absolute atomic E-state index is 13.0. The maximum Gasteiger partial charge on any atom is 0.466 e. The van der Waals surface area contributed by atoms with Crippen LogP contribution in [0, 0.1) is 0 Å². The molecule has 0 aliphatic carbocycles. The van der Waals surface area contributed by atoms with E-state index in [-0.39, 0.29) is 36.7 Å². The Bertz CT molecular complexity index is 823. The van der Waals surface area contributed by atoms with E-state index < -0.39 is 21.4 Å². The van der Waals surface area contributed by atoms with Crippen molar-refractivity contribution in [2.24, 2.45) is 0 Å². The van der Waals surface area contributed by atoms with Gasteiger partial charge < -0.3 is 9.05 Å². The van der Waals surface area contributed by atoms with Gasteiger partial charge in [-0.25, -0.2) is 0 Å². The Balaban J connectivity index is 2.38. The number of thiophene rings is 1. The topological polar surface area (TPSA) is 109 Å². The highest BCUT2D eigenvalue weighted by atomic mass is 32.1. The molecule has 0 saturated heterocycles. The molecular formula is C16H25N2O7P2S+. The number of nitrogens with zero attached hydrogens (tertiary/aromatic N) is 2. The Kier molecular flexibility index (Phi) is 8.48. The van der Waals surface area contributed by atoms with Crippen LogP contribution in [0.1, 0.15) is 37.4 Å². The summed E-state index contributed by atoms with van der Waals surface area (Å²) in [6.07, 6.45) is 1.38. The second kappa shape index (κ2) is 10.2. The molecule has 0 radical (unpaired) electrons. The van der Waals surface area contributed by atoms with Gasteiger partial charge in [0.15, 0.2) is 0 Å². The smallest absolute Gasteiger partial charge is 0.305 e. The van der Waals surface area contributed by atoms with Crippen LogP contribution >= 0.6 is 26.9 Å². The van der Waals surface area contributed by atoms with Crippen LogP contribution in [0.3, 0.4) is 0 Å². The van der Waals surface area contributed by atoms with Gasteiger partial charge >= 0.3 is 15.5 Å². The van der Waals surface area contributed by atoms with Crippen molar-refractivity contribution in [2.45, 2.75) is 27.7 Å². The molecule has 2 heterocycles. The van der Waals surface area contributed by atoms with E-state index in [0.717, 1.165) is 16.0 Å². The van der Waals surface area contributed by atoms with E-state index in [1.807, 2.05) is 0 Å². The van der Waals surface area contributed by atoms with Gasteiger partial charge in [-0.3, -0.25) is 9.36 Å². The highest BCUT2D eigenvalue weighted by molar-refractivity contribution is 7.69. The van der Waals surface area contributed by atoms with E-state index in [2.05, 4.69) is 5.10 Å². The first kappa shape index (κ1) is 23.3. The molecule has 0 aliphatic rings. The molecule has 0 amide bonds. The second-order valence-electron chi connectivity index (χ2n) is 5.23. The lowest BCUT2D eigenvalue weighted by atomic mass is 10.4. The Labute approximate surface area is 168 Å². The lowest BCUT2D eigenvalue weighted by Gasteiger charge is -2.15. The maximum atomic E-state index is 13.0. The third kappa shape index (κ3) is 4.96. The summed E-state index contributed by atoms with van der Waals surface area (Å²) in [4.78, 5) is 24.0. The molecule has 12 heteroatoms. The second-order valence-corrected chi connectivity index (χ2v) is 10.6. The Morgan fingerprint density at radius 3 is 2.25 bits per heavy atom. The number of aromatic nitrogens is 2. The van der Waals surface area contributed by atoms with Crippen LogP contribution in [0.5, 0.6) is 0 Å². The first-order chi connectivity index (χ1) is 13.3. The zero-order valence-electron chi connectivity index (χ0n) is 16.2. The van der Waals surface area contributed by atoms with Crippen LogP contribution in [0.25, 0.3) is 0 Å². The number of hydrogen-bond acceptors (Lipinski definition) is 9. The number of carbonyl (C=O) groups is 1. The van der Waals surface area contributed by atoms with Crippen LogP contribution in [-0.2, 0) is 22.7 Å². The third-order valence-corrected chi connectivity index (χ3v) is 9.22. The third-order valence-electron chi connectivity index (χ3n) is 3.38. The molecule has 0 bridgehead atoms. The zero-order chi connectivity index (χ0) is 20.8. The Morgan fingerprint density at radius 2 is 1.71 bits per heavy atom. The van der Waals surface area contributed by atoms with Gasteiger partial charge in [-0.1, -0.05) is 0 Å². The highest BCUT2D eigenvalue weighted by Crippen LogP contribution is 2.55. The molecule has 0 aromatic carbocycles. The van der Waals surface area contributed by atoms with Gasteiger partial charge in [0.2, 0.25) is 0 Å². The quantitative estimate of drug-likeness (QED) is 0.520. The predicted molar refractivity (Wildman–Crippen MR) is 109 cm³/mol. The van der Waals surface area contributed by atoms with Crippen LogP contribution < -0.4 is 10.1 Å². The highest BCUT2D eigenvalue weighted by Gasteiger charge is 2.48. The van der Waals surface area contributed by atoms with Crippen molar-refractivity contribution in [3.05, 3.63) is 29.3 Å². The molecule has 0 aliphatic heterocycles. The number of hydrogen-bond donors (Lipinski definition) is 1. The summed E-state index contributed by atoms with van der Waals surface area (Å²) in [5, 5.41) is 4.02. The summed E-state index contributed by atoms with van der Waals surface area (Å²) in [6.45, 7) is 7.70. The summed E-state index contributed by atoms with van der Waals surface area (Å²) >= 11 is 0.998. The van der Waals surface area contributed by atoms with Crippen LogP contribution in [-0.4, -0.2) is 47.0 Å². The molecule has 0 unspecified atom stereocenters. The molecule has 9 nitrogen and oxygen atoms in total. The molecular weight excluding hydrogens is 426 g/mol. The van der Waals surface area contributed by atoms with Crippen LogP contribution in [0.2, 0.25) is 0 Å². The molecule has 0 saturated carbocycles. The van der Waals surface area contributed by atoms with Gasteiger partial charge in [-0.05, 0) is 39.8 Å². The van der Waals surface area contributed by atoms with Gasteiger partial charge in [0.1, 0.15) is 4.62 Å². The summed E-state index contributed by atoms with van der Waals surface area (Å²) < 4.78 is 35.7. The SMILES string of the molecule is CCOP(=O)(OCC)c1ccc(C(=O)n2nccc2[P+](O)(OCC)OCC)s1. The zero-order valence-corrected chi connectivity index (χ0v) is 18.8. The molecule has 0 spiro atoms. The van der Waals surface area contributed by atoms with Crippen molar-refractivity contribution >= 4 is 42.8 Å². The lowest BCUT2D eigenvalue weighted by Crippen LogP contribution is -2.30. The normalized spacial score (nSPS) is 12.5. The van der Waals surface area contributed by atoms with Gasteiger partial charge in [-0.2, -0.15) is 23.7 Å². The predicted octanol–water partition coefficient (Wildman–Crippen LogP) is 2.98. The van der Waals surface area contributed by atoms with Crippen molar-refractivity contribution < 1.29 is 32.3 Å². The molecule has 0 fully saturated rings. The molecule has 28 heavy (non-hydrogen) atoms. The van der Waals surface area contributed by atoms with E-state index in [1.54, 1.807) is 33.8 Å². The molecule has 0 atom stereocenters. The molecule has 2 aromatic rings. The molecule has 2 rings (SSSR count). The minimum atomic E-state index is -3.49. The first-order valence-corrected chi connectivity index (χ1v) is 12.8. The standard InChI is InChI=1S/C16H25N2O7P2S/c1-5-22-26(20,23-6-2)14-11-12-17-18(14)16(19)13-9-10-15(28-13)27(21,24-7-3)25-8-4/h9-12,20H,5-8H2,1-4H3/q+1. The molecule has 156 valence electrons. The molecule has 2 aromatic heterocycles. The van der Waals surface area contributed by atoms with Gasteiger partial charge in [0.05, 0.1) is 37.5 Å². The lowest BCUT2D eigenvalue weighted by molar-refractivity contribution is 0.0949. The number of carbonyl (C=O) groups excluding carboxylic acids is 1. The van der Waals surface area contributed by atoms with Crippen molar-refractivity contribution in [1.29, 1.82) is 0 Å². The van der Waals surface area contributed by atoms with Gasteiger partial charge in [-0.15, -0.1) is 11.3 Å². The van der Waals surface area contributed by atoms with Crippen molar-refractivity contribution in [3.63, 3.8) is 0 Å². The largest absolute Gasteiger partial charge is 0.466 e. The summed E-state index contributed by atoms with van der Waals surface area (Å²) in [5.41, 5.74) is 0.147. The van der Waals surface area contributed by atoms with E-state index in [9.17, 15) is 14.3 Å². The Hall–Kier alpha value is -0.960. The van der Waals surface area contributed by atoms with Crippen molar-refractivity contribution in [2.75, 3.05) is 26.4 Å². The van der Waals surface area contributed by atoms with E-state index in [0.29, 0.717) is 4.62 Å². The monoisotopic (exact) mass is 451 g/mol. The Morgan fingerprint density at radius 1 is 1.11 bits per heavy atom. The van der Waals surface area contributed by atoms with Gasteiger partial charge in [0, 0.05) is 6.07 Å². The molecule has 1 N–H and O–H groups in total. The summed E-state index contributed by atoms with van der Waals surface area (Å²) in [7, 11) is -6.94. The van der Waals surface area contributed by atoms with Gasteiger partial charge in [0.25, 0.3) is 11.3 Å². The summed E-state index contributed by atoms with van der Waals surface area (Å²) in [6, 6.07) is 4.55. The minimum Gasteiger partial charge on any atom is -0.305 e. The fraction of sp³-hybridized carbons (Fsp3) is 0.500. The first-order valence-electron chi connectivity index (χ1n) is 8.84. The number of rotatable bonds is 11. The summed E-state index contributed by atoms with van der Waals surface area (Å²) in [5.74, 6) is -0.506. The van der Waals surface area contributed by atoms with E-state index in [4.69, 9.17) is 18.1 Å². The van der Waals surface area contributed by atoms with Crippen LogP contribution in [0.4, 0.5) is 0 Å². The fourth-order valence-corrected chi connectivity index (χ4v) is 7.06. The average molecular weight is 451 g/mol. The fourth-order valence-electron chi connectivity index (χ4n) is 2.38. The minimum absolute atomic E-state index is 0.147. The van der Waals surface area contributed by atoms with Crippen molar-refractivity contribution in [1.82, 2.24) is 9.78 Å². The van der Waals surface area contributed by atoms with Crippen molar-refractivity contribution in [3.8, 4) is 0 Å². The van der Waals surface area contributed by atoms with Crippen LogP contribution in [0.15, 0.2) is 24.4 Å². The van der Waals surface area contributed by atoms with E-state index >= 15 is 0 Å². The van der Waals surface area contributed by atoms with E-state index in [1.165, 1.54) is 18.3 Å². The average Bonchev–Trinajstić information content (AvgIpc) is 3.32.